The molecule has 146 valence electrons. The van der Waals surface area contributed by atoms with Crippen molar-refractivity contribution < 1.29 is 19.8 Å². The van der Waals surface area contributed by atoms with Gasteiger partial charge in [0.05, 0.1) is 11.1 Å². The largest absolute Gasteiger partial charge is 0.478 e. The molecule has 0 bridgehead atoms. The number of carbonyl (C=O) groups is 2. The predicted octanol–water partition coefficient (Wildman–Crippen LogP) is 6.13. The molecule has 0 aliphatic rings. The summed E-state index contributed by atoms with van der Waals surface area (Å²) < 4.78 is 0. The molecule has 0 aromatic heterocycles. The fourth-order valence-electron chi connectivity index (χ4n) is 3.10. The molecule has 26 heavy (non-hydrogen) atoms. The van der Waals surface area contributed by atoms with E-state index in [1.807, 2.05) is 6.07 Å². The Hall–Kier alpha value is -2.10. The van der Waals surface area contributed by atoms with Crippen LogP contribution in [-0.4, -0.2) is 22.2 Å². The molecular weight excluding hydrogens is 328 g/mol. The van der Waals surface area contributed by atoms with Gasteiger partial charge in [-0.25, -0.2) is 9.59 Å². The Morgan fingerprint density at radius 2 is 1.35 bits per heavy atom. The second-order valence-corrected chi connectivity index (χ2v) is 6.36. The molecule has 0 unspecified atom stereocenters. The first-order chi connectivity index (χ1) is 12.5. The van der Waals surface area contributed by atoms with E-state index in [-0.39, 0.29) is 11.1 Å². The van der Waals surface area contributed by atoms with Crippen LogP contribution < -0.4 is 0 Å². The molecule has 1 aromatic rings. The molecule has 2 N–H and O–H groups in total. The topological polar surface area (TPSA) is 74.6 Å². The van der Waals surface area contributed by atoms with Crippen molar-refractivity contribution in [2.24, 2.45) is 0 Å². The second kappa shape index (κ2) is 14.1. The summed E-state index contributed by atoms with van der Waals surface area (Å²) in [6.07, 6.45) is 10.1. The molecule has 1 rings (SSSR count). The number of hydrogen-bond donors (Lipinski definition) is 2. The zero-order valence-corrected chi connectivity index (χ0v) is 16.4. The number of unbranched alkanes of at least 4 members (excludes halogenated alkanes) is 6. The van der Waals surface area contributed by atoms with E-state index in [1.54, 1.807) is 0 Å². The van der Waals surface area contributed by atoms with Gasteiger partial charge in [-0.15, -0.1) is 13.2 Å². The summed E-state index contributed by atoms with van der Waals surface area (Å²) in [6, 6.07) is 3.27. The lowest BCUT2D eigenvalue weighted by Crippen LogP contribution is -2.14. The predicted molar refractivity (Wildman–Crippen MR) is 107 cm³/mol. The van der Waals surface area contributed by atoms with E-state index in [9.17, 15) is 19.8 Å². The standard InChI is InChI=1S/C20H30O4.C2H4/c1-3-5-7-9-11-15-13-14-17(19(21)22)18(20(23)24)16(15)12-10-8-6-4-2;1-2/h13-14H,3-12H2,1-2H3,(H,21,22)(H,23,24);1-2H2. The lowest BCUT2D eigenvalue weighted by molar-refractivity contribution is 0.0650. The Morgan fingerprint density at radius 1 is 0.808 bits per heavy atom. The van der Waals surface area contributed by atoms with Crippen LogP contribution in [0.5, 0.6) is 0 Å². The first kappa shape index (κ1) is 23.9. The lowest BCUT2D eigenvalue weighted by Gasteiger charge is -2.15. The van der Waals surface area contributed by atoms with E-state index in [0.29, 0.717) is 6.42 Å². The van der Waals surface area contributed by atoms with Gasteiger partial charge in [0.15, 0.2) is 0 Å². The third-order valence-corrected chi connectivity index (χ3v) is 4.43. The zero-order chi connectivity index (χ0) is 19.9. The molecule has 0 saturated carbocycles. The van der Waals surface area contributed by atoms with Gasteiger partial charge in [-0.1, -0.05) is 58.4 Å². The van der Waals surface area contributed by atoms with Gasteiger partial charge in [-0.3, -0.25) is 0 Å². The number of carboxylic acid groups (broad SMARTS) is 2. The van der Waals surface area contributed by atoms with Crippen LogP contribution in [-0.2, 0) is 12.8 Å². The van der Waals surface area contributed by atoms with Gasteiger partial charge >= 0.3 is 11.9 Å². The minimum atomic E-state index is -1.17. The Kier molecular flexibility index (Phi) is 13.0. The second-order valence-electron chi connectivity index (χ2n) is 6.36. The summed E-state index contributed by atoms with van der Waals surface area (Å²) >= 11 is 0. The van der Waals surface area contributed by atoms with Crippen molar-refractivity contribution in [2.45, 2.75) is 78.1 Å². The molecule has 0 fully saturated rings. The minimum absolute atomic E-state index is 0.00742. The Bertz CT molecular complexity index is 564. The van der Waals surface area contributed by atoms with Crippen LogP contribution in [0.4, 0.5) is 0 Å². The molecule has 0 aliphatic carbocycles. The number of rotatable bonds is 12. The first-order valence-electron chi connectivity index (χ1n) is 9.64. The van der Waals surface area contributed by atoms with Gasteiger partial charge in [0, 0.05) is 0 Å². The summed E-state index contributed by atoms with van der Waals surface area (Å²) in [7, 11) is 0. The van der Waals surface area contributed by atoms with Crippen LogP contribution >= 0.6 is 0 Å². The van der Waals surface area contributed by atoms with Crippen molar-refractivity contribution in [3.63, 3.8) is 0 Å². The molecule has 0 heterocycles. The number of aromatic carboxylic acids is 2. The normalized spacial score (nSPS) is 10.1. The van der Waals surface area contributed by atoms with Crippen LogP contribution in [0, 0.1) is 0 Å². The van der Waals surface area contributed by atoms with E-state index in [2.05, 4.69) is 27.0 Å². The SMILES string of the molecule is C=C.CCCCCCc1ccc(C(=O)O)c(C(=O)O)c1CCCCCC. The van der Waals surface area contributed by atoms with Crippen LogP contribution in [0.25, 0.3) is 0 Å². The zero-order valence-electron chi connectivity index (χ0n) is 16.4. The van der Waals surface area contributed by atoms with E-state index < -0.39 is 11.9 Å². The van der Waals surface area contributed by atoms with Crippen molar-refractivity contribution >= 4 is 11.9 Å². The van der Waals surface area contributed by atoms with Crippen LogP contribution in [0.15, 0.2) is 25.3 Å². The van der Waals surface area contributed by atoms with Crippen molar-refractivity contribution in [1.29, 1.82) is 0 Å². The van der Waals surface area contributed by atoms with E-state index >= 15 is 0 Å². The maximum absolute atomic E-state index is 11.7. The van der Waals surface area contributed by atoms with Gasteiger partial charge in [0.1, 0.15) is 0 Å². The highest BCUT2D eigenvalue weighted by molar-refractivity contribution is 6.03. The van der Waals surface area contributed by atoms with Crippen LogP contribution in [0.3, 0.4) is 0 Å². The highest BCUT2D eigenvalue weighted by Crippen LogP contribution is 2.24. The molecule has 0 amide bonds. The van der Waals surface area contributed by atoms with E-state index in [1.165, 1.54) is 12.5 Å². The monoisotopic (exact) mass is 362 g/mol. The van der Waals surface area contributed by atoms with Crippen molar-refractivity contribution in [3.8, 4) is 0 Å². The molecule has 1 aromatic carbocycles. The Balaban J connectivity index is 0.00000301. The molecule has 0 aliphatic heterocycles. The van der Waals surface area contributed by atoms with Gasteiger partial charge in [-0.2, -0.15) is 0 Å². The molecule has 4 heteroatoms. The summed E-state index contributed by atoms with van der Waals surface area (Å²) in [4.78, 5) is 23.1. The van der Waals surface area contributed by atoms with Gasteiger partial charge in [0.25, 0.3) is 0 Å². The fraction of sp³-hybridized carbons (Fsp3) is 0.545. The molecule has 0 saturated heterocycles. The number of hydrogen-bond acceptors (Lipinski definition) is 2. The van der Waals surface area contributed by atoms with Crippen molar-refractivity contribution in [1.82, 2.24) is 0 Å². The highest BCUT2D eigenvalue weighted by atomic mass is 16.4. The number of aryl methyl sites for hydroxylation is 1. The maximum Gasteiger partial charge on any atom is 0.336 e. The van der Waals surface area contributed by atoms with Gasteiger partial charge in [0.2, 0.25) is 0 Å². The minimum Gasteiger partial charge on any atom is -0.478 e. The number of carboxylic acids is 2. The number of benzene rings is 1. The Labute approximate surface area is 157 Å². The molecule has 0 radical (unpaired) electrons. The average molecular weight is 363 g/mol. The van der Waals surface area contributed by atoms with Gasteiger partial charge < -0.3 is 10.2 Å². The smallest absolute Gasteiger partial charge is 0.336 e. The molecule has 0 spiro atoms. The molecule has 4 nitrogen and oxygen atoms in total. The molecular formula is C22H34O4. The van der Waals surface area contributed by atoms with Crippen LogP contribution in [0.1, 0.15) is 97.1 Å². The van der Waals surface area contributed by atoms with Gasteiger partial charge in [-0.05, 0) is 42.9 Å². The summed E-state index contributed by atoms with van der Waals surface area (Å²) in [5, 5.41) is 18.9. The van der Waals surface area contributed by atoms with E-state index in [0.717, 1.165) is 62.5 Å². The van der Waals surface area contributed by atoms with Crippen molar-refractivity contribution in [3.05, 3.63) is 47.5 Å². The third-order valence-electron chi connectivity index (χ3n) is 4.43. The lowest BCUT2D eigenvalue weighted by atomic mass is 9.89. The highest BCUT2D eigenvalue weighted by Gasteiger charge is 2.22. The first-order valence-corrected chi connectivity index (χ1v) is 9.64. The summed E-state index contributed by atoms with van der Waals surface area (Å²) in [6.45, 7) is 10.3. The maximum atomic E-state index is 11.7. The van der Waals surface area contributed by atoms with Crippen LogP contribution in [0.2, 0.25) is 0 Å². The summed E-state index contributed by atoms with van der Waals surface area (Å²) in [5.74, 6) is -2.30. The molecule has 0 atom stereocenters. The van der Waals surface area contributed by atoms with E-state index in [4.69, 9.17) is 0 Å². The quantitative estimate of drug-likeness (QED) is 0.346. The fourth-order valence-corrected chi connectivity index (χ4v) is 3.10. The summed E-state index contributed by atoms with van der Waals surface area (Å²) in [5.41, 5.74) is 1.64. The van der Waals surface area contributed by atoms with Crippen molar-refractivity contribution in [2.75, 3.05) is 0 Å². The third kappa shape index (κ3) is 7.85. The Morgan fingerprint density at radius 3 is 1.81 bits per heavy atom. The average Bonchev–Trinajstić information content (AvgIpc) is 2.63.